The summed E-state index contributed by atoms with van der Waals surface area (Å²) in [4.78, 5) is 11.8. The Labute approximate surface area is 123 Å². The van der Waals surface area contributed by atoms with E-state index >= 15 is 0 Å². The van der Waals surface area contributed by atoms with Crippen molar-refractivity contribution in [3.8, 4) is 0 Å². The fourth-order valence-corrected chi connectivity index (χ4v) is 2.11. The summed E-state index contributed by atoms with van der Waals surface area (Å²) in [5.41, 5.74) is 1.13. The zero-order valence-electron chi connectivity index (χ0n) is 11.1. The molecule has 2 aromatic rings. The predicted octanol–water partition coefficient (Wildman–Crippen LogP) is 3.04. The summed E-state index contributed by atoms with van der Waals surface area (Å²) in [6, 6.07) is 13.3. The maximum absolute atomic E-state index is 11.8. The molecule has 0 saturated heterocycles. The molecule has 2 rings (SSSR count). The van der Waals surface area contributed by atoms with E-state index in [2.05, 4.69) is 17.6 Å². The molecule has 1 atom stereocenters. The van der Waals surface area contributed by atoms with Gasteiger partial charge in [-0.05, 0) is 36.3 Å². The number of carbonyl (C=O) groups is 1. The van der Waals surface area contributed by atoms with E-state index in [9.17, 15) is 4.79 Å². The first kappa shape index (κ1) is 14.3. The molecule has 1 aromatic carbocycles. The number of hydrogen-bond acceptors (Lipinski definition) is 3. The number of carbonyl (C=O) groups excluding carboxylic acids is 1. The Hall–Kier alpha value is -2.14. The van der Waals surface area contributed by atoms with Crippen LogP contribution in [0.25, 0.3) is 0 Å². The Balaban J connectivity index is 1.95. The lowest BCUT2D eigenvalue weighted by Crippen LogP contribution is -2.40. The molecule has 0 spiro atoms. The van der Waals surface area contributed by atoms with Crippen LogP contribution in [-0.4, -0.2) is 11.0 Å². The highest BCUT2D eigenvalue weighted by molar-refractivity contribution is 7.80. The van der Waals surface area contributed by atoms with Crippen molar-refractivity contribution in [1.82, 2.24) is 10.6 Å². The number of furan rings is 1. The molecule has 0 fully saturated rings. The summed E-state index contributed by atoms with van der Waals surface area (Å²) in [6.07, 6.45) is 2.31. The van der Waals surface area contributed by atoms with Gasteiger partial charge < -0.3 is 9.73 Å². The van der Waals surface area contributed by atoms with Crippen LogP contribution in [0.4, 0.5) is 0 Å². The Morgan fingerprint density at radius 2 is 2.00 bits per heavy atom. The van der Waals surface area contributed by atoms with Crippen molar-refractivity contribution in [2.24, 2.45) is 0 Å². The van der Waals surface area contributed by atoms with E-state index in [0.717, 1.165) is 12.0 Å². The van der Waals surface area contributed by atoms with Gasteiger partial charge >= 0.3 is 0 Å². The van der Waals surface area contributed by atoms with Crippen LogP contribution in [0.15, 0.2) is 53.1 Å². The Kier molecular flexibility index (Phi) is 4.90. The lowest BCUT2D eigenvalue weighted by atomic mass is 10.1. The fraction of sp³-hybridized carbons (Fsp3) is 0.200. The van der Waals surface area contributed by atoms with Crippen molar-refractivity contribution < 1.29 is 9.21 Å². The second kappa shape index (κ2) is 6.86. The maximum Gasteiger partial charge on any atom is 0.293 e. The standard InChI is InChI=1S/C15H16N2O2S/c1-2-12(11-7-4-3-5-8-11)16-15(20)17-14(18)13-9-6-10-19-13/h3-10,12H,2H2,1H3,(H2,16,17,18,20). The van der Waals surface area contributed by atoms with Crippen LogP contribution in [0, 0.1) is 0 Å². The van der Waals surface area contributed by atoms with Crippen LogP contribution in [0.5, 0.6) is 0 Å². The van der Waals surface area contributed by atoms with Crippen molar-refractivity contribution >= 4 is 23.2 Å². The molecule has 4 nitrogen and oxygen atoms in total. The first-order valence-corrected chi connectivity index (χ1v) is 6.82. The van der Waals surface area contributed by atoms with Crippen molar-refractivity contribution in [2.45, 2.75) is 19.4 Å². The molecule has 2 N–H and O–H groups in total. The molecule has 0 aliphatic heterocycles. The molecule has 1 unspecified atom stereocenters. The number of thiocarbonyl (C=S) groups is 1. The highest BCUT2D eigenvalue weighted by Gasteiger charge is 2.14. The van der Waals surface area contributed by atoms with Crippen LogP contribution in [-0.2, 0) is 0 Å². The van der Waals surface area contributed by atoms with Gasteiger partial charge in [0.1, 0.15) is 0 Å². The van der Waals surface area contributed by atoms with Gasteiger partial charge in [-0.3, -0.25) is 10.1 Å². The molecule has 0 aliphatic carbocycles. The summed E-state index contributed by atoms with van der Waals surface area (Å²) in [5, 5.41) is 6.03. The molecular formula is C15H16N2O2S. The van der Waals surface area contributed by atoms with Gasteiger partial charge in [-0.2, -0.15) is 0 Å². The molecule has 20 heavy (non-hydrogen) atoms. The van der Waals surface area contributed by atoms with Gasteiger partial charge in [0.05, 0.1) is 12.3 Å². The highest BCUT2D eigenvalue weighted by Crippen LogP contribution is 2.15. The number of benzene rings is 1. The zero-order chi connectivity index (χ0) is 14.4. The lowest BCUT2D eigenvalue weighted by molar-refractivity contribution is 0.0949. The summed E-state index contributed by atoms with van der Waals surface area (Å²) >= 11 is 5.16. The summed E-state index contributed by atoms with van der Waals surface area (Å²) in [6.45, 7) is 2.06. The van der Waals surface area contributed by atoms with E-state index in [-0.39, 0.29) is 17.7 Å². The molecular weight excluding hydrogens is 272 g/mol. The third kappa shape index (κ3) is 3.68. The Morgan fingerprint density at radius 1 is 1.25 bits per heavy atom. The molecule has 0 bridgehead atoms. The molecule has 0 saturated carbocycles. The van der Waals surface area contributed by atoms with Gasteiger partial charge in [-0.15, -0.1) is 0 Å². The fourth-order valence-electron chi connectivity index (χ4n) is 1.87. The highest BCUT2D eigenvalue weighted by atomic mass is 32.1. The SMILES string of the molecule is CCC(NC(=S)NC(=O)c1ccco1)c1ccccc1. The first-order chi connectivity index (χ1) is 9.70. The monoisotopic (exact) mass is 288 g/mol. The molecule has 0 aliphatic rings. The molecule has 104 valence electrons. The summed E-state index contributed by atoms with van der Waals surface area (Å²) in [7, 11) is 0. The molecule has 1 amide bonds. The predicted molar refractivity (Wildman–Crippen MR) is 81.4 cm³/mol. The third-order valence-corrected chi connectivity index (χ3v) is 3.11. The van der Waals surface area contributed by atoms with Crippen LogP contribution in [0.3, 0.4) is 0 Å². The van der Waals surface area contributed by atoms with Gasteiger partial charge in [-0.25, -0.2) is 0 Å². The lowest BCUT2D eigenvalue weighted by Gasteiger charge is -2.19. The molecule has 1 aromatic heterocycles. The topological polar surface area (TPSA) is 54.3 Å². The van der Waals surface area contributed by atoms with E-state index in [0.29, 0.717) is 5.11 Å². The van der Waals surface area contributed by atoms with Crippen molar-refractivity contribution in [2.75, 3.05) is 0 Å². The van der Waals surface area contributed by atoms with Crippen molar-refractivity contribution in [3.05, 3.63) is 60.1 Å². The Bertz CT molecular complexity index is 567. The maximum atomic E-state index is 11.8. The second-order valence-corrected chi connectivity index (χ2v) is 4.68. The number of hydrogen-bond donors (Lipinski definition) is 2. The summed E-state index contributed by atoms with van der Waals surface area (Å²) in [5.74, 6) is -0.114. The van der Waals surface area contributed by atoms with Crippen LogP contribution in [0.2, 0.25) is 0 Å². The quantitative estimate of drug-likeness (QED) is 0.849. The van der Waals surface area contributed by atoms with E-state index in [1.165, 1.54) is 6.26 Å². The summed E-state index contributed by atoms with van der Waals surface area (Å²) < 4.78 is 5.01. The minimum absolute atomic E-state index is 0.0700. The zero-order valence-corrected chi connectivity index (χ0v) is 11.9. The number of rotatable bonds is 4. The van der Waals surface area contributed by atoms with Crippen molar-refractivity contribution in [1.29, 1.82) is 0 Å². The molecule has 1 heterocycles. The normalized spacial score (nSPS) is 11.7. The molecule has 5 heteroatoms. The largest absolute Gasteiger partial charge is 0.459 e. The smallest absolute Gasteiger partial charge is 0.293 e. The van der Waals surface area contributed by atoms with Gasteiger partial charge in [0.2, 0.25) is 0 Å². The van der Waals surface area contributed by atoms with Crippen LogP contribution in [0.1, 0.15) is 35.5 Å². The number of amides is 1. The second-order valence-electron chi connectivity index (χ2n) is 4.28. The van der Waals surface area contributed by atoms with Crippen molar-refractivity contribution in [3.63, 3.8) is 0 Å². The van der Waals surface area contributed by atoms with Crippen LogP contribution >= 0.6 is 12.2 Å². The average molecular weight is 288 g/mol. The average Bonchev–Trinajstić information content (AvgIpc) is 3.00. The molecule has 0 radical (unpaired) electrons. The van der Waals surface area contributed by atoms with Gasteiger partial charge in [-0.1, -0.05) is 37.3 Å². The van der Waals surface area contributed by atoms with E-state index in [4.69, 9.17) is 16.6 Å². The van der Waals surface area contributed by atoms with Gasteiger partial charge in [0, 0.05) is 0 Å². The number of nitrogens with one attached hydrogen (secondary N) is 2. The van der Waals surface area contributed by atoms with E-state index in [1.54, 1.807) is 12.1 Å². The van der Waals surface area contributed by atoms with Gasteiger partial charge in [0.15, 0.2) is 10.9 Å². The minimum atomic E-state index is -0.351. The van der Waals surface area contributed by atoms with E-state index in [1.807, 2.05) is 30.3 Å². The Morgan fingerprint density at radius 3 is 2.60 bits per heavy atom. The van der Waals surface area contributed by atoms with Gasteiger partial charge in [0.25, 0.3) is 5.91 Å². The third-order valence-electron chi connectivity index (χ3n) is 2.89. The minimum Gasteiger partial charge on any atom is -0.459 e. The van der Waals surface area contributed by atoms with E-state index < -0.39 is 0 Å². The first-order valence-electron chi connectivity index (χ1n) is 6.41. The van der Waals surface area contributed by atoms with Crippen LogP contribution < -0.4 is 10.6 Å².